The average Bonchev–Trinajstić information content (AvgIpc) is 2.32. The Hall–Kier alpha value is -0.570. The normalized spacial score (nSPS) is 40.3. The van der Waals surface area contributed by atoms with Gasteiger partial charge in [-0.05, 0) is 63.7 Å². The zero-order chi connectivity index (χ0) is 17.7. The van der Waals surface area contributed by atoms with Crippen LogP contribution < -0.4 is 0 Å². The topological polar surface area (TPSA) is 46.5 Å². The van der Waals surface area contributed by atoms with E-state index in [4.69, 9.17) is 4.74 Å². The van der Waals surface area contributed by atoms with E-state index in [-0.39, 0.29) is 29.1 Å². The second kappa shape index (κ2) is 5.75. The van der Waals surface area contributed by atoms with Gasteiger partial charge in [0.15, 0.2) is 0 Å². The highest BCUT2D eigenvalue weighted by molar-refractivity contribution is 5.71. The lowest BCUT2D eigenvalue weighted by molar-refractivity contribution is -0.219. The van der Waals surface area contributed by atoms with E-state index in [0.717, 1.165) is 25.7 Å². The maximum absolute atomic E-state index is 12.5. The van der Waals surface area contributed by atoms with Crippen LogP contribution in [0, 0.1) is 22.7 Å². The molecule has 3 heteroatoms. The van der Waals surface area contributed by atoms with E-state index in [0.29, 0.717) is 5.92 Å². The van der Waals surface area contributed by atoms with Crippen molar-refractivity contribution in [1.29, 1.82) is 0 Å². The van der Waals surface area contributed by atoms with E-state index in [1.54, 1.807) is 0 Å². The summed E-state index contributed by atoms with van der Waals surface area (Å²) in [6.45, 7) is 14.6. The first kappa shape index (κ1) is 18.8. The number of aliphatic hydroxyl groups is 1. The Bertz CT molecular complexity index is 462. The van der Waals surface area contributed by atoms with Crippen LogP contribution in [-0.2, 0) is 9.53 Å². The molecule has 2 aliphatic carbocycles. The molecule has 0 aliphatic heterocycles. The Labute approximate surface area is 142 Å². The molecule has 134 valence electrons. The lowest BCUT2D eigenvalue weighted by Gasteiger charge is -2.62. The van der Waals surface area contributed by atoms with Gasteiger partial charge in [-0.3, -0.25) is 4.79 Å². The predicted molar refractivity (Wildman–Crippen MR) is 93.0 cm³/mol. The van der Waals surface area contributed by atoms with E-state index in [1.807, 2.05) is 20.8 Å². The molecule has 2 saturated carbocycles. The fourth-order valence-electron chi connectivity index (χ4n) is 5.54. The second-order valence-electron chi connectivity index (χ2n) is 9.98. The molecule has 1 N–H and O–H groups in total. The van der Waals surface area contributed by atoms with Crippen LogP contribution in [0.3, 0.4) is 0 Å². The number of fused-ring (bicyclic) bond motifs is 1. The standard InChI is InChI=1S/C20H36O3/c1-14-9-10-15-18(5,6)11-8-12-19(15,7)20(14,22)13-16(21)23-17(2,3)4/h14-15,22H,8-13H2,1-7H3/t14-,15+,19+,20?/m1/s1. The molecule has 0 radical (unpaired) electrons. The maximum atomic E-state index is 12.5. The molecule has 2 aliphatic rings. The number of carbonyl (C=O) groups excluding carboxylic acids is 1. The number of esters is 1. The summed E-state index contributed by atoms with van der Waals surface area (Å²) in [5, 5.41) is 11.7. The molecule has 23 heavy (non-hydrogen) atoms. The van der Waals surface area contributed by atoms with Crippen LogP contribution in [0.15, 0.2) is 0 Å². The van der Waals surface area contributed by atoms with Crippen LogP contribution in [0.4, 0.5) is 0 Å². The van der Waals surface area contributed by atoms with E-state index in [2.05, 4.69) is 27.7 Å². The Morgan fingerprint density at radius 3 is 2.35 bits per heavy atom. The number of ether oxygens (including phenoxy) is 1. The summed E-state index contributed by atoms with van der Waals surface area (Å²) >= 11 is 0. The minimum atomic E-state index is -0.962. The van der Waals surface area contributed by atoms with Gasteiger partial charge in [0.25, 0.3) is 0 Å². The Morgan fingerprint density at radius 1 is 1.17 bits per heavy atom. The molecule has 0 bridgehead atoms. The largest absolute Gasteiger partial charge is 0.460 e. The monoisotopic (exact) mass is 324 g/mol. The zero-order valence-electron chi connectivity index (χ0n) is 16.2. The third kappa shape index (κ3) is 3.31. The van der Waals surface area contributed by atoms with E-state index >= 15 is 0 Å². The van der Waals surface area contributed by atoms with Crippen molar-refractivity contribution in [2.75, 3.05) is 0 Å². The Balaban J connectivity index is 2.31. The molecule has 0 aromatic heterocycles. The summed E-state index contributed by atoms with van der Waals surface area (Å²) in [7, 11) is 0. The Kier molecular flexibility index (Phi) is 4.69. The van der Waals surface area contributed by atoms with Gasteiger partial charge in [-0.1, -0.05) is 34.1 Å². The molecule has 0 heterocycles. The molecular weight excluding hydrogens is 288 g/mol. The van der Waals surface area contributed by atoms with Gasteiger partial charge in [0.2, 0.25) is 0 Å². The molecule has 0 aromatic rings. The summed E-state index contributed by atoms with van der Waals surface area (Å²) < 4.78 is 5.53. The summed E-state index contributed by atoms with van der Waals surface area (Å²) in [6, 6.07) is 0. The number of rotatable bonds is 2. The highest BCUT2D eigenvalue weighted by Gasteiger charge is 2.62. The third-order valence-electron chi connectivity index (χ3n) is 6.76. The van der Waals surface area contributed by atoms with Crippen molar-refractivity contribution >= 4 is 5.97 Å². The van der Waals surface area contributed by atoms with Crippen LogP contribution in [-0.4, -0.2) is 22.3 Å². The molecule has 1 unspecified atom stereocenters. The van der Waals surface area contributed by atoms with Crippen LogP contribution >= 0.6 is 0 Å². The van der Waals surface area contributed by atoms with E-state index in [9.17, 15) is 9.90 Å². The van der Waals surface area contributed by atoms with Gasteiger partial charge >= 0.3 is 5.97 Å². The van der Waals surface area contributed by atoms with Gasteiger partial charge in [-0.15, -0.1) is 0 Å². The summed E-state index contributed by atoms with van der Waals surface area (Å²) in [5.74, 6) is 0.328. The molecular formula is C20H36O3. The summed E-state index contributed by atoms with van der Waals surface area (Å²) in [6.07, 6.45) is 5.61. The van der Waals surface area contributed by atoms with E-state index in [1.165, 1.54) is 6.42 Å². The lowest BCUT2D eigenvalue weighted by Crippen LogP contribution is -2.63. The maximum Gasteiger partial charge on any atom is 0.309 e. The van der Waals surface area contributed by atoms with Crippen molar-refractivity contribution in [3.63, 3.8) is 0 Å². The van der Waals surface area contributed by atoms with Crippen molar-refractivity contribution in [3.05, 3.63) is 0 Å². The van der Waals surface area contributed by atoms with Crippen LogP contribution in [0.2, 0.25) is 0 Å². The molecule has 0 saturated heterocycles. The number of hydrogen-bond acceptors (Lipinski definition) is 3. The van der Waals surface area contributed by atoms with Crippen LogP contribution in [0.5, 0.6) is 0 Å². The lowest BCUT2D eigenvalue weighted by atomic mass is 9.44. The molecule has 0 spiro atoms. The number of hydrogen-bond donors (Lipinski definition) is 1. The number of carbonyl (C=O) groups is 1. The second-order valence-corrected chi connectivity index (χ2v) is 9.98. The molecule has 2 rings (SSSR count). The first-order chi connectivity index (χ1) is 10.3. The summed E-state index contributed by atoms with van der Waals surface area (Å²) in [5.41, 5.74) is -1.44. The quantitative estimate of drug-likeness (QED) is 0.748. The van der Waals surface area contributed by atoms with E-state index < -0.39 is 11.2 Å². The molecule has 2 fully saturated rings. The first-order valence-corrected chi connectivity index (χ1v) is 9.26. The highest BCUT2D eigenvalue weighted by atomic mass is 16.6. The van der Waals surface area contributed by atoms with Gasteiger partial charge in [0.1, 0.15) is 5.60 Å². The van der Waals surface area contributed by atoms with Crippen molar-refractivity contribution in [1.82, 2.24) is 0 Å². The molecule has 0 aromatic carbocycles. The van der Waals surface area contributed by atoms with Crippen LogP contribution in [0.25, 0.3) is 0 Å². The van der Waals surface area contributed by atoms with Gasteiger partial charge in [0, 0.05) is 5.41 Å². The minimum Gasteiger partial charge on any atom is -0.460 e. The first-order valence-electron chi connectivity index (χ1n) is 9.26. The van der Waals surface area contributed by atoms with Gasteiger partial charge in [-0.25, -0.2) is 0 Å². The van der Waals surface area contributed by atoms with Gasteiger partial charge < -0.3 is 9.84 Å². The fraction of sp³-hybridized carbons (Fsp3) is 0.950. The van der Waals surface area contributed by atoms with Crippen molar-refractivity contribution in [3.8, 4) is 0 Å². The molecule has 0 amide bonds. The van der Waals surface area contributed by atoms with Crippen LogP contribution in [0.1, 0.15) is 87.0 Å². The SMILES string of the molecule is C[C@@H]1CC[C@H]2C(C)(C)CCC[C@]2(C)C1(O)CC(=O)OC(C)(C)C. The predicted octanol–water partition coefficient (Wildman–Crippen LogP) is 4.71. The summed E-state index contributed by atoms with van der Waals surface area (Å²) in [4.78, 5) is 12.5. The molecule has 3 nitrogen and oxygen atoms in total. The fourth-order valence-corrected chi connectivity index (χ4v) is 5.54. The Morgan fingerprint density at radius 2 is 1.78 bits per heavy atom. The minimum absolute atomic E-state index is 0.120. The van der Waals surface area contributed by atoms with Gasteiger partial charge in [-0.2, -0.15) is 0 Å². The average molecular weight is 325 g/mol. The van der Waals surface area contributed by atoms with Crippen molar-refractivity contribution in [2.24, 2.45) is 22.7 Å². The van der Waals surface area contributed by atoms with Crippen molar-refractivity contribution in [2.45, 2.75) is 98.2 Å². The molecule has 4 atom stereocenters. The smallest absolute Gasteiger partial charge is 0.309 e. The third-order valence-corrected chi connectivity index (χ3v) is 6.76. The van der Waals surface area contributed by atoms with Gasteiger partial charge in [0.05, 0.1) is 12.0 Å². The highest BCUT2D eigenvalue weighted by Crippen LogP contribution is 2.63. The van der Waals surface area contributed by atoms with Crippen molar-refractivity contribution < 1.29 is 14.6 Å². The zero-order valence-corrected chi connectivity index (χ0v) is 16.2.